The summed E-state index contributed by atoms with van der Waals surface area (Å²) in [6.45, 7) is 1.13. The summed E-state index contributed by atoms with van der Waals surface area (Å²) < 4.78 is 22.4. The van der Waals surface area contributed by atoms with Gasteiger partial charge in [-0.05, 0) is 12.8 Å². The van der Waals surface area contributed by atoms with E-state index in [0.29, 0.717) is 30.0 Å². The Kier molecular flexibility index (Phi) is 3.84. The lowest BCUT2D eigenvalue weighted by Gasteiger charge is -2.25. The number of rotatable bonds is 2. The highest BCUT2D eigenvalue weighted by Crippen LogP contribution is 2.38. The first kappa shape index (κ1) is 13.1. The van der Waals surface area contributed by atoms with E-state index in [2.05, 4.69) is 5.32 Å². The van der Waals surface area contributed by atoms with Crippen LogP contribution in [0.25, 0.3) is 0 Å². The van der Waals surface area contributed by atoms with Crippen molar-refractivity contribution in [3.05, 3.63) is 17.2 Å². The van der Waals surface area contributed by atoms with E-state index in [1.54, 1.807) is 6.07 Å². The van der Waals surface area contributed by atoms with Crippen LogP contribution in [0.5, 0.6) is 11.5 Å². The molecule has 1 saturated heterocycles. The van der Waals surface area contributed by atoms with Crippen LogP contribution in [0.4, 0.5) is 5.69 Å². The van der Waals surface area contributed by atoms with E-state index in [0.717, 1.165) is 35.8 Å². The monoisotopic (exact) mass is 301 g/mol. The van der Waals surface area contributed by atoms with Crippen LogP contribution in [0.15, 0.2) is 12.1 Å². The van der Waals surface area contributed by atoms with Gasteiger partial charge in [0.1, 0.15) is 13.2 Å². The van der Waals surface area contributed by atoms with Crippen molar-refractivity contribution in [2.24, 2.45) is 0 Å². The second-order valence-corrected chi connectivity index (χ2v) is 6.85. The topological polar surface area (TPSA) is 47.6 Å². The summed E-state index contributed by atoms with van der Waals surface area (Å²) >= 11 is 6.25. The molecule has 1 aromatic rings. The second-order valence-electron chi connectivity index (χ2n) is 4.74. The average molecular weight is 302 g/mol. The highest BCUT2D eigenvalue weighted by atomic mass is 35.5. The van der Waals surface area contributed by atoms with Crippen LogP contribution in [0.1, 0.15) is 12.8 Å². The van der Waals surface area contributed by atoms with Crippen molar-refractivity contribution in [3.63, 3.8) is 0 Å². The first-order valence-electron chi connectivity index (χ1n) is 6.43. The SMILES string of the molecule is O=S1CCC(Nc2cc3c(cc2Cl)OCCO3)CC1. The average Bonchev–Trinajstić information content (AvgIpc) is 2.42. The Morgan fingerprint density at radius 3 is 2.47 bits per heavy atom. The molecule has 0 spiro atoms. The van der Waals surface area contributed by atoms with Crippen molar-refractivity contribution in [2.75, 3.05) is 30.0 Å². The smallest absolute Gasteiger partial charge is 0.163 e. The lowest BCUT2D eigenvalue weighted by molar-refractivity contribution is 0.171. The van der Waals surface area contributed by atoms with Gasteiger partial charge in [0, 0.05) is 40.5 Å². The van der Waals surface area contributed by atoms with Crippen molar-refractivity contribution < 1.29 is 13.7 Å². The number of anilines is 1. The number of halogens is 1. The predicted octanol–water partition coefficient (Wildman–Crippen LogP) is 2.43. The summed E-state index contributed by atoms with van der Waals surface area (Å²) in [5, 5.41) is 4.05. The normalized spacial score (nSPS) is 25.9. The molecule has 0 saturated carbocycles. The number of nitrogens with one attached hydrogen (secondary N) is 1. The molecule has 6 heteroatoms. The first-order chi connectivity index (χ1) is 9.22. The number of ether oxygens (including phenoxy) is 2. The number of hydrogen-bond acceptors (Lipinski definition) is 4. The van der Waals surface area contributed by atoms with Crippen LogP contribution < -0.4 is 14.8 Å². The lowest BCUT2D eigenvalue weighted by atomic mass is 10.1. The maximum absolute atomic E-state index is 11.3. The molecule has 0 atom stereocenters. The van der Waals surface area contributed by atoms with Crippen LogP contribution in [0, 0.1) is 0 Å². The summed E-state index contributed by atoms with van der Waals surface area (Å²) in [5.74, 6) is 2.96. The maximum atomic E-state index is 11.3. The fraction of sp³-hybridized carbons (Fsp3) is 0.538. The molecule has 4 nitrogen and oxygen atoms in total. The Balaban J connectivity index is 1.75. The van der Waals surface area contributed by atoms with Gasteiger partial charge in [-0.3, -0.25) is 4.21 Å². The van der Waals surface area contributed by atoms with Crippen molar-refractivity contribution >= 4 is 28.1 Å². The van der Waals surface area contributed by atoms with Gasteiger partial charge in [0.2, 0.25) is 0 Å². The van der Waals surface area contributed by atoms with E-state index in [1.165, 1.54) is 0 Å². The zero-order valence-corrected chi connectivity index (χ0v) is 12.1. The molecule has 2 aliphatic rings. The van der Waals surface area contributed by atoms with Gasteiger partial charge >= 0.3 is 0 Å². The highest BCUT2D eigenvalue weighted by Gasteiger charge is 2.20. The fourth-order valence-electron chi connectivity index (χ4n) is 2.33. The standard InChI is InChI=1S/C13H16ClNO3S/c14-10-7-12-13(18-4-3-17-12)8-11(10)15-9-1-5-19(16)6-2-9/h7-9,15H,1-6H2. The van der Waals surface area contributed by atoms with E-state index in [-0.39, 0.29) is 0 Å². The molecule has 0 aromatic heterocycles. The molecule has 0 aliphatic carbocycles. The molecule has 1 fully saturated rings. The van der Waals surface area contributed by atoms with Gasteiger partial charge in [-0.2, -0.15) is 0 Å². The van der Waals surface area contributed by atoms with E-state index in [9.17, 15) is 4.21 Å². The summed E-state index contributed by atoms with van der Waals surface area (Å²) in [5.41, 5.74) is 0.864. The zero-order valence-electron chi connectivity index (χ0n) is 10.5. The lowest BCUT2D eigenvalue weighted by Crippen LogP contribution is -2.29. The summed E-state index contributed by atoms with van der Waals surface area (Å²) in [6, 6.07) is 4.01. The van der Waals surface area contributed by atoms with Gasteiger partial charge in [0.25, 0.3) is 0 Å². The van der Waals surface area contributed by atoms with E-state index >= 15 is 0 Å². The van der Waals surface area contributed by atoms with Gasteiger partial charge in [-0.15, -0.1) is 0 Å². The van der Waals surface area contributed by atoms with Crippen LogP contribution in [-0.4, -0.2) is 35.0 Å². The molecule has 104 valence electrons. The van der Waals surface area contributed by atoms with Crippen LogP contribution in [0.2, 0.25) is 5.02 Å². The summed E-state index contributed by atoms with van der Waals surface area (Å²) in [6.07, 6.45) is 1.83. The third-order valence-electron chi connectivity index (χ3n) is 3.38. The van der Waals surface area contributed by atoms with Gasteiger partial charge in [0.05, 0.1) is 10.7 Å². The van der Waals surface area contributed by atoms with Gasteiger partial charge in [-0.1, -0.05) is 11.6 Å². The van der Waals surface area contributed by atoms with Gasteiger partial charge < -0.3 is 14.8 Å². The van der Waals surface area contributed by atoms with E-state index in [1.807, 2.05) is 6.07 Å². The van der Waals surface area contributed by atoms with Gasteiger partial charge in [0.15, 0.2) is 11.5 Å². The molecule has 0 amide bonds. The first-order valence-corrected chi connectivity index (χ1v) is 8.29. The minimum Gasteiger partial charge on any atom is -0.486 e. The van der Waals surface area contributed by atoms with Crippen molar-refractivity contribution in [2.45, 2.75) is 18.9 Å². The van der Waals surface area contributed by atoms with Crippen LogP contribution in [-0.2, 0) is 10.8 Å². The summed E-state index contributed by atoms with van der Waals surface area (Å²) in [4.78, 5) is 0. The van der Waals surface area contributed by atoms with Crippen molar-refractivity contribution in [1.29, 1.82) is 0 Å². The molecule has 19 heavy (non-hydrogen) atoms. The Hall–Kier alpha value is -0.940. The molecule has 0 bridgehead atoms. The van der Waals surface area contributed by atoms with Crippen molar-refractivity contribution in [1.82, 2.24) is 0 Å². The molecule has 0 unspecified atom stereocenters. The zero-order chi connectivity index (χ0) is 13.2. The number of benzene rings is 1. The second kappa shape index (κ2) is 5.59. The molecular formula is C13H16ClNO3S. The molecular weight excluding hydrogens is 286 g/mol. The molecule has 3 rings (SSSR count). The van der Waals surface area contributed by atoms with Gasteiger partial charge in [-0.25, -0.2) is 0 Å². The largest absolute Gasteiger partial charge is 0.486 e. The highest BCUT2D eigenvalue weighted by molar-refractivity contribution is 7.85. The van der Waals surface area contributed by atoms with Crippen molar-refractivity contribution in [3.8, 4) is 11.5 Å². The molecule has 1 N–H and O–H groups in total. The Bertz CT molecular complexity index is 499. The Morgan fingerprint density at radius 1 is 1.16 bits per heavy atom. The molecule has 1 aromatic carbocycles. The van der Waals surface area contributed by atoms with Crippen LogP contribution in [0.3, 0.4) is 0 Å². The predicted molar refractivity (Wildman–Crippen MR) is 77.0 cm³/mol. The van der Waals surface area contributed by atoms with E-state index in [4.69, 9.17) is 21.1 Å². The molecule has 2 aliphatic heterocycles. The summed E-state index contributed by atoms with van der Waals surface area (Å²) in [7, 11) is -0.644. The Morgan fingerprint density at radius 2 is 1.79 bits per heavy atom. The molecule has 2 heterocycles. The third-order valence-corrected chi connectivity index (χ3v) is 5.07. The van der Waals surface area contributed by atoms with Crippen LogP contribution >= 0.6 is 11.6 Å². The number of hydrogen-bond donors (Lipinski definition) is 1. The quantitative estimate of drug-likeness (QED) is 0.911. The molecule has 0 radical (unpaired) electrons. The van der Waals surface area contributed by atoms with E-state index < -0.39 is 10.8 Å². The third kappa shape index (κ3) is 2.98. The minimum absolute atomic E-state index is 0.331. The number of fused-ring (bicyclic) bond motifs is 1. The maximum Gasteiger partial charge on any atom is 0.163 e. The Labute approximate surface area is 119 Å². The fourth-order valence-corrected chi connectivity index (χ4v) is 3.84. The minimum atomic E-state index is -0.644.